The van der Waals surface area contributed by atoms with Gasteiger partial charge in [0.1, 0.15) is 5.58 Å². The van der Waals surface area contributed by atoms with Gasteiger partial charge in [0.15, 0.2) is 5.58 Å². The Hall–Kier alpha value is -6.00. The van der Waals surface area contributed by atoms with E-state index >= 15 is 0 Å². The summed E-state index contributed by atoms with van der Waals surface area (Å²) in [6.07, 6.45) is 2.35. The highest BCUT2D eigenvalue weighted by Crippen LogP contribution is 2.57. The predicted octanol–water partition coefficient (Wildman–Crippen LogP) is 15.5. The molecule has 0 atom stereocenters. The van der Waals surface area contributed by atoms with Gasteiger partial charge in [-0.25, -0.2) is 0 Å². The third-order valence-electron chi connectivity index (χ3n) is 17.0. The molecule has 2 aromatic heterocycles. The summed E-state index contributed by atoms with van der Waals surface area (Å²) in [6, 6.07) is 43.1. The molecule has 0 radical (unpaired) electrons. The first kappa shape index (κ1) is 40.3. The quantitative estimate of drug-likeness (QED) is 0.153. The van der Waals surface area contributed by atoms with Crippen LogP contribution in [0.3, 0.4) is 0 Å². The normalized spacial score (nSPS) is 17.3. The molecule has 0 saturated heterocycles. The van der Waals surface area contributed by atoms with E-state index in [9.17, 15) is 0 Å². The van der Waals surface area contributed by atoms with E-state index in [1.807, 2.05) is 0 Å². The fourth-order valence-corrected chi connectivity index (χ4v) is 13.1. The lowest BCUT2D eigenvalue weighted by molar-refractivity contribution is 0.332. The molecule has 328 valence electrons. The second kappa shape index (κ2) is 12.5. The number of para-hydroxylation sites is 1. The molecule has 9 aromatic rings. The Morgan fingerprint density at radius 3 is 1.95 bits per heavy atom. The van der Waals surface area contributed by atoms with Crippen LogP contribution >= 0.6 is 0 Å². The van der Waals surface area contributed by atoms with Gasteiger partial charge in [0.2, 0.25) is 0 Å². The highest BCUT2D eigenvalue weighted by Gasteiger charge is 2.49. The van der Waals surface area contributed by atoms with Crippen molar-refractivity contribution in [3.05, 3.63) is 148 Å². The molecule has 3 nitrogen and oxygen atoms in total. The highest BCUT2D eigenvalue weighted by atomic mass is 16.3. The summed E-state index contributed by atoms with van der Waals surface area (Å²) in [6.45, 7) is 31.1. The van der Waals surface area contributed by atoms with Crippen LogP contribution in [0.15, 0.2) is 114 Å². The summed E-state index contributed by atoms with van der Waals surface area (Å²) in [7, 11) is 0. The zero-order valence-electron chi connectivity index (χ0n) is 41.2. The van der Waals surface area contributed by atoms with Crippen molar-refractivity contribution in [1.82, 2.24) is 4.57 Å². The van der Waals surface area contributed by atoms with Crippen molar-refractivity contribution < 1.29 is 4.42 Å². The van der Waals surface area contributed by atoms with E-state index in [1.54, 1.807) is 0 Å². The van der Waals surface area contributed by atoms with Gasteiger partial charge in [-0.15, -0.1) is 0 Å². The van der Waals surface area contributed by atoms with Gasteiger partial charge in [-0.1, -0.05) is 144 Å². The second-order valence-electron chi connectivity index (χ2n) is 24.5. The number of anilines is 2. The first-order chi connectivity index (χ1) is 31.1. The molecular weight excluding hydrogens is 800 g/mol. The molecule has 7 aromatic carbocycles. The van der Waals surface area contributed by atoms with Crippen LogP contribution in [0.5, 0.6) is 0 Å². The minimum Gasteiger partial charge on any atom is -0.454 e. The first-order valence-corrected chi connectivity index (χ1v) is 24.5. The number of rotatable bonds is 1. The fraction of sp³-hybridized carbons (Fsp3) is 0.323. The number of fused-ring (bicyclic) bond motifs is 15. The summed E-state index contributed by atoms with van der Waals surface area (Å²) < 4.78 is 9.85. The number of benzene rings is 7. The van der Waals surface area contributed by atoms with Gasteiger partial charge in [-0.3, -0.25) is 0 Å². The smallest absolute Gasteiger partial charge is 0.333 e. The van der Waals surface area contributed by atoms with Crippen molar-refractivity contribution in [2.24, 2.45) is 0 Å². The Kier molecular flexibility index (Phi) is 7.63. The van der Waals surface area contributed by atoms with Crippen LogP contribution in [0.25, 0.3) is 71.7 Å². The summed E-state index contributed by atoms with van der Waals surface area (Å²) >= 11 is 0. The molecule has 2 aliphatic heterocycles. The average molecular weight is 861 g/mol. The van der Waals surface area contributed by atoms with Gasteiger partial charge in [0.25, 0.3) is 0 Å². The standard InChI is InChI=1S/C62H61BN2O/c1-34-26-47-48(61(10,11)25-24-60(47,8)9)33-51(34)65-52-32-46-39(37-18-14-16-20-45(37)62(46,12)13)30-41(52)42-31-44-38-19-15-17-21-53(38)66-57(44)56-54(42)63(65)49-29-36(59(5,6)7)28-43-40-27-35(58(2,3)4)22-23-50(40)64(56)55(43)49/h14-23,26-33H,24-25H2,1-13H3. The molecule has 4 heterocycles. The van der Waals surface area contributed by atoms with E-state index in [2.05, 4.69) is 209 Å². The van der Waals surface area contributed by atoms with Crippen molar-refractivity contribution in [3.63, 3.8) is 0 Å². The fourth-order valence-electron chi connectivity index (χ4n) is 13.1. The van der Waals surface area contributed by atoms with Crippen molar-refractivity contribution in [2.45, 2.75) is 130 Å². The second-order valence-corrected chi connectivity index (χ2v) is 24.5. The lowest BCUT2D eigenvalue weighted by atomic mass is 9.43. The molecule has 0 N–H and O–H groups in total. The number of aryl methyl sites for hydroxylation is 1. The number of nitrogens with zero attached hydrogens (tertiary/aromatic N) is 2. The third kappa shape index (κ3) is 5.11. The van der Waals surface area contributed by atoms with E-state index in [0.29, 0.717) is 0 Å². The number of hydrogen-bond acceptors (Lipinski definition) is 2. The number of hydrogen-bond donors (Lipinski definition) is 0. The van der Waals surface area contributed by atoms with Gasteiger partial charge < -0.3 is 13.8 Å². The molecule has 0 amide bonds. The van der Waals surface area contributed by atoms with Crippen LogP contribution < -0.4 is 15.7 Å². The first-order valence-electron chi connectivity index (χ1n) is 24.5. The van der Waals surface area contributed by atoms with E-state index in [1.165, 1.54) is 123 Å². The molecule has 0 saturated carbocycles. The Bertz CT molecular complexity index is 3670. The monoisotopic (exact) mass is 860 g/mol. The molecule has 4 aliphatic rings. The molecule has 0 bridgehead atoms. The van der Waals surface area contributed by atoms with Crippen molar-refractivity contribution in [2.75, 3.05) is 4.81 Å². The van der Waals surface area contributed by atoms with Crippen molar-refractivity contribution in [3.8, 4) is 27.9 Å². The maximum Gasteiger partial charge on any atom is 0.333 e. The van der Waals surface area contributed by atoms with Gasteiger partial charge in [0, 0.05) is 43.9 Å². The van der Waals surface area contributed by atoms with Crippen LogP contribution in [0.2, 0.25) is 0 Å². The Balaban J connectivity index is 1.26. The maximum absolute atomic E-state index is 7.23. The van der Waals surface area contributed by atoms with Crippen LogP contribution in [0.4, 0.5) is 11.4 Å². The van der Waals surface area contributed by atoms with Crippen LogP contribution in [-0.2, 0) is 27.1 Å². The Labute approximate surface area is 390 Å². The summed E-state index contributed by atoms with van der Waals surface area (Å²) in [4.78, 5) is 2.81. The highest BCUT2D eigenvalue weighted by molar-refractivity contribution is 6.94. The lowest BCUT2D eigenvalue weighted by Crippen LogP contribution is -2.61. The zero-order valence-corrected chi connectivity index (χ0v) is 41.2. The molecule has 4 heteroatoms. The molecule has 0 unspecified atom stereocenters. The van der Waals surface area contributed by atoms with Gasteiger partial charge in [-0.2, -0.15) is 0 Å². The molecule has 13 rings (SSSR count). The average Bonchev–Trinajstić information content (AvgIpc) is 3.88. The number of aromatic nitrogens is 1. The minimum absolute atomic E-state index is 0.00660. The van der Waals surface area contributed by atoms with Crippen LogP contribution in [-0.4, -0.2) is 11.4 Å². The summed E-state index contributed by atoms with van der Waals surface area (Å²) in [5.74, 6) is 0. The van der Waals surface area contributed by atoms with Crippen LogP contribution in [0, 0.1) is 6.92 Å². The van der Waals surface area contributed by atoms with Gasteiger partial charge >= 0.3 is 6.85 Å². The molecule has 0 fully saturated rings. The van der Waals surface area contributed by atoms with E-state index in [0.717, 1.165) is 23.0 Å². The van der Waals surface area contributed by atoms with Gasteiger partial charge in [0.05, 0.1) is 16.7 Å². The van der Waals surface area contributed by atoms with E-state index in [-0.39, 0.29) is 33.9 Å². The summed E-state index contributed by atoms with van der Waals surface area (Å²) in [5, 5.41) is 4.95. The minimum atomic E-state index is -0.164. The van der Waals surface area contributed by atoms with Gasteiger partial charge in [-0.05, 0) is 157 Å². The Morgan fingerprint density at radius 2 is 1.21 bits per heavy atom. The largest absolute Gasteiger partial charge is 0.454 e. The number of furan rings is 1. The zero-order chi connectivity index (χ0) is 45.9. The Morgan fingerprint density at radius 1 is 0.545 bits per heavy atom. The SMILES string of the molecule is Cc1cc2c(cc1N1B3c4c(cc5c(oc6ccccc65)c4-n4c5ccc(C(C)(C)C)cc5c5cc(C(C)(C)C)cc3c54)-c3cc4c(cc31)C(C)(C)c1ccccc1-4)C(C)(C)CCC2(C)C. The maximum atomic E-state index is 7.23. The molecular formula is C62H61BN2O. The van der Waals surface area contributed by atoms with Crippen molar-refractivity contribution >= 4 is 72.9 Å². The topological polar surface area (TPSA) is 21.3 Å². The van der Waals surface area contributed by atoms with Crippen LogP contribution in [0.1, 0.15) is 135 Å². The summed E-state index contributed by atoms with van der Waals surface area (Å²) in [5.41, 5.74) is 25.9. The molecule has 0 spiro atoms. The predicted molar refractivity (Wildman–Crippen MR) is 282 cm³/mol. The van der Waals surface area contributed by atoms with Crippen molar-refractivity contribution in [1.29, 1.82) is 0 Å². The third-order valence-corrected chi connectivity index (χ3v) is 17.0. The molecule has 66 heavy (non-hydrogen) atoms. The molecule has 2 aliphatic carbocycles. The van der Waals surface area contributed by atoms with E-state index < -0.39 is 0 Å². The van der Waals surface area contributed by atoms with E-state index in [4.69, 9.17) is 4.42 Å². The lowest BCUT2D eigenvalue weighted by Gasteiger charge is -2.46.